The van der Waals surface area contributed by atoms with Crippen molar-refractivity contribution in [3.63, 3.8) is 0 Å². The van der Waals surface area contributed by atoms with Gasteiger partial charge in [-0.25, -0.2) is 14.4 Å². The highest BCUT2D eigenvalue weighted by Gasteiger charge is 2.17. The standard InChI is InChI=1S/C27H40F2N2O2/c1-3-4-5-6-7-8-9-13-18-33-24-17-16-23(25(28)26(24)29)27-30-19-22(20-31-27)15-12-10-11-14-21(2)32/h16-17,19-21,32H,3-15,18H2,1-2H3. The van der Waals surface area contributed by atoms with Crippen LogP contribution in [0.4, 0.5) is 8.78 Å². The maximum atomic E-state index is 14.6. The first-order valence-electron chi connectivity index (χ1n) is 12.6. The van der Waals surface area contributed by atoms with Crippen LogP contribution in [-0.4, -0.2) is 27.8 Å². The predicted molar refractivity (Wildman–Crippen MR) is 129 cm³/mol. The zero-order chi connectivity index (χ0) is 23.9. The Kier molecular flexibility index (Phi) is 12.9. The minimum atomic E-state index is -0.988. The Morgan fingerprint density at radius 1 is 0.848 bits per heavy atom. The van der Waals surface area contributed by atoms with Crippen molar-refractivity contribution < 1.29 is 18.6 Å². The van der Waals surface area contributed by atoms with Gasteiger partial charge >= 0.3 is 0 Å². The second-order valence-electron chi connectivity index (χ2n) is 8.93. The molecule has 0 saturated heterocycles. The summed E-state index contributed by atoms with van der Waals surface area (Å²) < 4.78 is 34.6. The van der Waals surface area contributed by atoms with Gasteiger partial charge in [0.2, 0.25) is 5.82 Å². The Balaban J connectivity index is 1.78. The molecule has 1 heterocycles. The number of benzene rings is 1. The van der Waals surface area contributed by atoms with E-state index in [4.69, 9.17) is 4.74 Å². The van der Waals surface area contributed by atoms with Gasteiger partial charge in [-0.15, -0.1) is 0 Å². The lowest BCUT2D eigenvalue weighted by molar-refractivity contribution is 0.180. The molecule has 6 heteroatoms. The third kappa shape index (κ3) is 10.2. The van der Waals surface area contributed by atoms with E-state index >= 15 is 0 Å². The fraction of sp³-hybridized carbons (Fsp3) is 0.630. The molecule has 4 nitrogen and oxygen atoms in total. The SMILES string of the molecule is CCCCCCCCCCOc1ccc(-c2ncc(CCCCCC(C)O)cn2)c(F)c1F. The predicted octanol–water partition coefficient (Wildman–Crippen LogP) is 7.43. The maximum Gasteiger partial charge on any atom is 0.201 e. The summed E-state index contributed by atoms with van der Waals surface area (Å²) in [6, 6.07) is 2.93. The monoisotopic (exact) mass is 462 g/mol. The Bertz CT molecular complexity index is 797. The van der Waals surface area contributed by atoms with Crippen LogP contribution in [0.15, 0.2) is 24.5 Å². The molecule has 2 aromatic rings. The van der Waals surface area contributed by atoms with E-state index in [0.717, 1.165) is 56.9 Å². The molecule has 1 aromatic heterocycles. The highest BCUT2D eigenvalue weighted by atomic mass is 19.2. The molecule has 0 fully saturated rings. The number of hydrogen-bond acceptors (Lipinski definition) is 4. The van der Waals surface area contributed by atoms with E-state index in [1.54, 1.807) is 19.3 Å². The van der Waals surface area contributed by atoms with Crippen LogP contribution in [0.2, 0.25) is 0 Å². The summed E-state index contributed by atoms with van der Waals surface area (Å²) in [6.45, 7) is 4.39. The molecule has 1 aromatic carbocycles. The number of rotatable bonds is 17. The molecule has 0 aliphatic rings. The fourth-order valence-corrected chi connectivity index (χ4v) is 3.80. The van der Waals surface area contributed by atoms with Crippen molar-refractivity contribution in [3.8, 4) is 17.1 Å². The van der Waals surface area contributed by atoms with Gasteiger partial charge in [0.1, 0.15) is 0 Å². The summed E-state index contributed by atoms with van der Waals surface area (Å²) in [7, 11) is 0. The van der Waals surface area contributed by atoms with E-state index in [1.807, 2.05) is 0 Å². The molecule has 0 aliphatic carbocycles. The number of unbranched alkanes of at least 4 members (excludes halogenated alkanes) is 9. The number of ether oxygens (including phenoxy) is 1. The van der Waals surface area contributed by atoms with E-state index in [2.05, 4.69) is 16.9 Å². The van der Waals surface area contributed by atoms with Crippen molar-refractivity contribution in [3.05, 3.63) is 41.7 Å². The summed E-state index contributed by atoms with van der Waals surface area (Å²) in [4.78, 5) is 8.46. The highest BCUT2D eigenvalue weighted by Crippen LogP contribution is 2.28. The second-order valence-corrected chi connectivity index (χ2v) is 8.93. The molecule has 2 rings (SSSR count). The van der Waals surface area contributed by atoms with Gasteiger partial charge in [0, 0.05) is 12.4 Å². The summed E-state index contributed by atoms with van der Waals surface area (Å²) in [5.74, 6) is -1.86. The molecule has 1 N–H and O–H groups in total. The van der Waals surface area contributed by atoms with Crippen molar-refractivity contribution >= 4 is 0 Å². The largest absolute Gasteiger partial charge is 0.490 e. The van der Waals surface area contributed by atoms with Crippen molar-refractivity contribution in [1.29, 1.82) is 0 Å². The van der Waals surface area contributed by atoms with Crippen LogP contribution in [0.1, 0.15) is 96.5 Å². The molecular formula is C27H40F2N2O2. The fourth-order valence-electron chi connectivity index (χ4n) is 3.80. The second kappa shape index (κ2) is 15.7. The molecule has 0 bridgehead atoms. The number of aryl methyl sites for hydroxylation is 1. The van der Waals surface area contributed by atoms with E-state index in [1.165, 1.54) is 44.2 Å². The first-order valence-corrected chi connectivity index (χ1v) is 12.6. The summed E-state index contributed by atoms with van der Waals surface area (Å²) in [5.41, 5.74) is 0.998. The quantitative estimate of drug-likeness (QED) is 0.248. The smallest absolute Gasteiger partial charge is 0.201 e. The van der Waals surface area contributed by atoms with Crippen LogP contribution in [0.25, 0.3) is 11.4 Å². The highest BCUT2D eigenvalue weighted by molar-refractivity contribution is 5.57. The zero-order valence-corrected chi connectivity index (χ0v) is 20.3. The maximum absolute atomic E-state index is 14.6. The van der Waals surface area contributed by atoms with Crippen LogP contribution < -0.4 is 4.74 Å². The molecule has 0 aliphatic heterocycles. The Labute approximate surface area is 197 Å². The normalized spacial score (nSPS) is 12.2. The van der Waals surface area contributed by atoms with Gasteiger partial charge in [-0.3, -0.25) is 0 Å². The minimum Gasteiger partial charge on any atom is -0.490 e. The van der Waals surface area contributed by atoms with Gasteiger partial charge in [-0.1, -0.05) is 64.7 Å². The number of halogens is 2. The molecule has 1 unspecified atom stereocenters. The molecule has 33 heavy (non-hydrogen) atoms. The number of aliphatic hydroxyl groups is 1. The van der Waals surface area contributed by atoms with Crippen LogP contribution in [0.5, 0.6) is 5.75 Å². The minimum absolute atomic E-state index is 0.0374. The van der Waals surface area contributed by atoms with Crippen molar-refractivity contribution in [2.75, 3.05) is 6.61 Å². The van der Waals surface area contributed by atoms with Crippen molar-refractivity contribution in [2.45, 2.75) is 103 Å². The van der Waals surface area contributed by atoms with Gasteiger partial charge in [-0.2, -0.15) is 4.39 Å². The Morgan fingerprint density at radius 3 is 2.15 bits per heavy atom. The number of hydrogen-bond donors (Lipinski definition) is 1. The lowest BCUT2D eigenvalue weighted by Gasteiger charge is -2.10. The van der Waals surface area contributed by atoms with Gasteiger partial charge in [0.25, 0.3) is 0 Å². The summed E-state index contributed by atoms with van der Waals surface area (Å²) in [5, 5.41) is 9.29. The van der Waals surface area contributed by atoms with E-state index < -0.39 is 11.6 Å². The number of aromatic nitrogens is 2. The third-order valence-corrected chi connectivity index (χ3v) is 5.84. The van der Waals surface area contributed by atoms with Gasteiger partial charge in [0.05, 0.1) is 18.3 Å². The molecule has 0 spiro atoms. The topological polar surface area (TPSA) is 55.2 Å². The zero-order valence-electron chi connectivity index (χ0n) is 20.3. The molecule has 0 amide bonds. The lowest BCUT2D eigenvalue weighted by atomic mass is 10.1. The van der Waals surface area contributed by atoms with Gasteiger partial charge in [0.15, 0.2) is 17.4 Å². The first-order chi connectivity index (χ1) is 16.0. The molecule has 0 saturated carbocycles. The van der Waals surface area contributed by atoms with Crippen LogP contribution in [0, 0.1) is 11.6 Å². The van der Waals surface area contributed by atoms with E-state index in [-0.39, 0.29) is 23.2 Å². The van der Waals surface area contributed by atoms with E-state index in [0.29, 0.717) is 6.61 Å². The average molecular weight is 463 g/mol. The average Bonchev–Trinajstić information content (AvgIpc) is 2.81. The summed E-state index contributed by atoms with van der Waals surface area (Å²) in [6.07, 6.45) is 17.0. The van der Waals surface area contributed by atoms with Crippen LogP contribution in [0.3, 0.4) is 0 Å². The molecule has 1 atom stereocenters. The van der Waals surface area contributed by atoms with Gasteiger partial charge < -0.3 is 9.84 Å². The van der Waals surface area contributed by atoms with Crippen molar-refractivity contribution in [1.82, 2.24) is 9.97 Å². The molecule has 184 valence electrons. The Hall–Kier alpha value is -2.08. The number of aliphatic hydroxyl groups excluding tert-OH is 1. The van der Waals surface area contributed by atoms with Crippen LogP contribution >= 0.6 is 0 Å². The molecular weight excluding hydrogens is 422 g/mol. The van der Waals surface area contributed by atoms with Crippen molar-refractivity contribution in [2.24, 2.45) is 0 Å². The molecule has 0 radical (unpaired) electrons. The third-order valence-electron chi connectivity index (χ3n) is 5.84. The first kappa shape index (κ1) is 27.2. The van der Waals surface area contributed by atoms with Crippen LogP contribution in [-0.2, 0) is 6.42 Å². The number of nitrogens with zero attached hydrogens (tertiary/aromatic N) is 2. The van der Waals surface area contributed by atoms with E-state index in [9.17, 15) is 13.9 Å². The van der Waals surface area contributed by atoms with Gasteiger partial charge in [-0.05, 0) is 50.3 Å². The lowest BCUT2D eigenvalue weighted by Crippen LogP contribution is -2.03. The Morgan fingerprint density at radius 2 is 1.48 bits per heavy atom. The summed E-state index contributed by atoms with van der Waals surface area (Å²) >= 11 is 0.